The number of ether oxygens (including phenoxy) is 1. The van der Waals surface area contributed by atoms with Crippen LogP contribution in [0.3, 0.4) is 0 Å². The maximum atomic E-state index is 5.71. The summed E-state index contributed by atoms with van der Waals surface area (Å²) < 4.78 is 5.71. The second-order valence-electron chi connectivity index (χ2n) is 5.55. The summed E-state index contributed by atoms with van der Waals surface area (Å²) in [6.07, 6.45) is 0.938. The van der Waals surface area contributed by atoms with Gasteiger partial charge in [-0.15, -0.1) is 6.58 Å². The van der Waals surface area contributed by atoms with Gasteiger partial charge in [-0.05, 0) is 36.9 Å². The number of nitrogens with one attached hydrogen (secondary N) is 1. The zero-order valence-corrected chi connectivity index (χ0v) is 12.5. The molecule has 0 heterocycles. The van der Waals surface area contributed by atoms with Crippen LogP contribution in [0, 0.1) is 5.92 Å². The molecular formula is C17H27NO. The summed E-state index contributed by atoms with van der Waals surface area (Å²) in [5.74, 6) is 0.680. The predicted octanol–water partition coefficient (Wildman–Crippen LogP) is 3.92. The van der Waals surface area contributed by atoms with Crippen molar-refractivity contribution in [2.24, 2.45) is 5.92 Å². The van der Waals surface area contributed by atoms with Crippen molar-refractivity contribution >= 4 is 0 Å². The highest BCUT2D eigenvalue weighted by Crippen LogP contribution is 2.11. The van der Waals surface area contributed by atoms with Crippen molar-refractivity contribution < 1.29 is 4.74 Å². The molecule has 19 heavy (non-hydrogen) atoms. The van der Waals surface area contributed by atoms with Gasteiger partial charge in [0, 0.05) is 6.54 Å². The Bertz CT molecular complexity index is 385. The molecule has 1 rings (SSSR count). The van der Waals surface area contributed by atoms with Crippen molar-refractivity contribution in [1.29, 1.82) is 0 Å². The molecule has 1 aromatic rings. The van der Waals surface area contributed by atoms with E-state index in [1.807, 2.05) is 6.92 Å². The Morgan fingerprint density at radius 2 is 1.95 bits per heavy atom. The first-order valence-corrected chi connectivity index (χ1v) is 7.09. The highest BCUT2D eigenvalue weighted by molar-refractivity contribution is 5.26. The van der Waals surface area contributed by atoms with Gasteiger partial charge in [0.15, 0.2) is 0 Å². The molecule has 106 valence electrons. The van der Waals surface area contributed by atoms with Crippen LogP contribution in [0.15, 0.2) is 36.4 Å². The summed E-state index contributed by atoms with van der Waals surface area (Å²) in [5.41, 5.74) is 3.78. The van der Waals surface area contributed by atoms with E-state index >= 15 is 0 Å². The van der Waals surface area contributed by atoms with Crippen LogP contribution in [0.1, 0.15) is 38.3 Å². The lowest BCUT2D eigenvalue weighted by Gasteiger charge is -2.12. The van der Waals surface area contributed by atoms with Gasteiger partial charge in [-0.3, -0.25) is 0 Å². The highest BCUT2D eigenvalue weighted by atomic mass is 16.5. The van der Waals surface area contributed by atoms with Crippen molar-refractivity contribution in [2.45, 2.75) is 40.3 Å². The molecule has 0 radical (unpaired) electrons. The van der Waals surface area contributed by atoms with Gasteiger partial charge in [0.05, 0.1) is 13.2 Å². The van der Waals surface area contributed by atoms with E-state index in [1.54, 1.807) is 0 Å². The number of hydrogen-bond donors (Lipinski definition) is 1. The van der Waals surface area contributed by atoms with Gasteiger partial charge in [-0.2, -0.15) is 0 Å². The Labute approximate surface area is 117 Å². The van der Waals surface area contributed by atoms with Crippen LogP contribution in [0.5, 0.6) is 0 Å². The largest absolute Gasteiger partial charge is 0.376 e. The smallest absolute Gasteiger partial charge is 0.0720 e. The quantitative estimate of drug-likeness (QED) is 0.537. The van der Waals surface area contributed by atoms with Gasteiger partial charge in [-0.25, -0.2) is 0 Å². The lowest BCUT2D eigenvalue weighted by Crippen LogP contribution is -2.19. The Kier molecular flexibility index (Phi) is 7.46. The van der Waals surface area contributed by atoms with Crippen molar-refractivity contribution in [3.63, 3.8) is 0 Å². The summed E-state index contributed by atoms with van der Waals surface area (Å²) >= 11 is 0. The maximum Gasteiger partial charge on any atom is 0.0720 e. The van der Waals surface area contributed by atoms with Crippen molar-refractivity contribution in [1.82, 2.24) is 5.32 Å². The molecule has 0 aliphatic rings. The van der Waals surface area contributed by atoms with E-state index in [-0.39, 0.29) is 0 Å². The SMILES string of the molecule is C=C(C)CCOCc1ccccc1CNCC(C)C. The minimum absolute atomic E-state index is 0.680. The summed E-state index contributed by atoms with van der Waals surface area (Å²) in [5, 5.41) is 3.48. The van der Waals surface area contributed by atoms with Crippen LogP contribution >= 0.6 is 0 Å². The fourth-order valence-corrected chi connectivity index (χ4v) is 1.79. The highest BCUT2D eigenvalue weighted by Gasteiger charge is 2.02. The average Bonchev–Trinajstić information content (AvgIpc) is 2.35. The third kappa shape index (κ3) is 7.14. The third-order valence-corrected chi connectivity index (χ3v) is 2.92. The molecule has 0 fully saturated rings. The van der Waals surface area contributed by atoms with E-state index in [9.17, 15) is 0 Å². The molecule has 2 heteroatoms. The van der Waals surface area contributed by atoms with Crippen molar-refractivity contribution in [3.8, 4) is 0 Å². The van der Waals surface area contributed by atoms with Crippen LogP contribution in [0.4, 0.5) is 0 Å². The van der Waals surface area contributed by atoms with Gasteiger partial charge >= 0.3 is 0 Å². The van der Waals surface area contributed by atoms with Crippen molar-refractivity contribution in [2.75, 3.05) is 13.2 Å². The number of rotatable bonds is 9. The monoisotopic (exact) mass is 261 g/mol. The van der Waals surface area contributed by atoms with Crippen LogP contribution in [-0.4, -0.2) is 13.2 Å². The minimum atomic E-state index is 0.680. The molecule has 0 aromatic heterocycles. The first-order valence-electron chi connectivity index (χ1n) is 7.09. The maximum absolute atomic E-state index is 5.71. The fraction of sp³-hybridized carbons (Fsp3) is 0.529. The molecule has 0 saturated heterocycles. The minimum Gasteiger partial charge on any atom is -0.376 e. The fourth-order valence-electron chi connectivity index (χ4n) is 1.79. The van der Waals surface area contributed by atoms with Crippen LogP contribution in [0.2, 0.25) is 0 Å². The second-order valence-corrected chi connectivity index (χ2v) is 5.55. The lowest BCUT2D eigenvalue weighted by atomic mass is 10.1. The molecule has 0 aliphatic heterocycles. The molecule has 0 aliphatic carbocycles. The number of hydrogen-bond acceptors (Lipinski definition) is 2. The third-order valence-electron chi connectivity index (χ3n) is 2.92. The summed E-state index contributed by atoms with van der Waals surface area (Å²) in [7, 11) is 0. The van der Waals surface area contributed by atoms with Crippen molar-refractivity contribution in [3.05, 3.63) is 47.5 Å². The molecule has 0 unspecified atom stereocenters. The average molecular weight is 261 g/mol. The normalized spacial score (nSPS) is 10.9. The topological polar surface area (TPSA) is 21.3 Å². The van der Waals surface area contributed by atoms with E-state index in [2.05, 4.69) is 50.0 Å². The molecule has 1 N–H and O–H groups in total. The predicted molar refractivity (Wildman–Crippen MR) is 82.1 cm³/mol. The van der Waals surface area contributed by atoms with E-state index in [0.29, 0.717) is 12.5 Å². The van der Waals surface area contributed by atoms with E-state index < -0.39 is 0 Å². The lowest BCUT2D eigenvalue weighted by molar-refractivity contribution is 0.123. The van der Waals surface area contributed by atoms with E-state index in [0.717, 1.165) is 26.1 Å². The first kappa shape index (κ1) is 15.9. The molecule has 0 bridgehead atoms. The van der Waals surface area contributed by atoms with E-state index in [1.165, 1.54) is 16.7 Å². The first-order chi connectivity index (χ1) is 9.09. The van der Waals surface area contributed by atoms with Gasteiger partial charge < -0.3 is 10.1 Å². The molecule has 0 amide bonds. The Morgan fingerprint density at radius 1 is 1.26 bits per heavy atom. The van der Waals surface area contributed by atoms with Gasteiger partial charge in [0.2, 0.25) is 0 Å². The molecular weight excluding hydrogens is 234 g/mol. The zero-order valence-electron chi connectivity index (χ0n) is 12.5. The molecule has 1 aromatic carbocycles. The molecule has 0 atom stereocenters. The van der Waals surface area contributed by atoms with Gasteiger partial charge in [-0.1, -0.05) is 43.7 Å². The van der Waals surface area contributed by atoms with E-state index in [4.69, 9.17) is 4.74 Å². The van der Waals surface area contributed by atoms with Gasteiger partial charge in [0.25, 0.3) is 0 Å². The Balaban J connectivity index is 2.41. The summed E-state index contributed by atoms with van der Waals surface area (Å²) in [4.78, 5) is 0. The Hall–Kier alpha value is -1.12. The van der Waals surface area contributed by atoms with Crippen LogP contribution in [-0.2, 0) is 17.9 Å². The summed E-state index contributed by atoms with van der Waals surface area (Å²) in [6, 6.07) is 8.48. The molecule has 2 nitrogen and oxygen atoms in total. The standard InChI is InChI=1S/C17H27NO/c1-14(2)9-10-19-13-17-8-6-5-7-16(17)12-18-11-15(3)4/h5-8,15,18H,1,9-13H2,2-4H3. The van der Waals surface area contributed by atoms with Gasteiger partial charge in [0.1, 0.15) is 0 Å². The Morgan fingerprint density at radius 3 is 2.58 bits per heavy atom. The molecule has 0 spiro atoms. The second kappa shape index (κ2) is 8.89. The summed E-state index contributed by atoms with van der Waals surface area (Å²) in [6.45, 7) is 13.8. The molecule has 0 saturated carbocycles. The zero-order chi connectivity index (χ0) is 14.1. The number of benzene rings is 1. The van der Waals surface area contributed by atoms with Crippen LogP contribution in [0.25, 0.3) is 0 Å². The van der Waals surface area contributed by atoms with Crippen LogP contribution < -0.4 is 5.32 Å².